The second-order valence-electron chi connectivity index (χ2n) is 5.98. The lowest BCUT2D eigenvalue weighted by molar-refractivity contribution is 0.00819. The van der Waals surface area contributed by atoms with Crippen LogP contribution in [0.3, 0.4) is 0 Å². The maximum absolute atomic E-state index is 11.9. The van der Waals surface area contributed by atoms with Gasteiger partial charge in [-0.1, -0.05) is 6.07 Å². The zero-order chi connectivity index (χ0) is 14.9. The molecule has 0 atom stereocenters. The average Bonchev–Trinajstić information content (AvgIpc) is 2.24. The molecule has 1 heterocycles. The zero-order valence-corrected chi connectivity index (χ0v) is 13.9. The molecule has 0 aliphatic carbocycles. The Labute approximate surface area is 128 Å². The van der Waals surface area contributed by atoms with Gasteiger partial charge in [-0.3, -0.25) is 0 Å². The molecule has 1 aromatic carbocycles. The van der Waals surface area contributed by atoms with Gasteiger partial charge in [0.1, 0.15) is 11.4 Å². The van der Waals surface area contributed by atoms with Crippen molar-refractivity contribution >= 4 is 22.0 Å². The van der Waals surface area contributed by atoms with Crippen molar-refractivity contribution < 1.29 is 14.3 Å². The number of ether oxygens (including phenoxy) is 2. The first-order valence-corrected chi connectivity index (χ1v) is 7.41. The van der Waals surface area contributed by atoms with Crippen LogP contribution in [0.5, 0.6) is 5.75 Å². The van der Waals surface area contributed by atoms with E-state index in [9.17, 15) is 4.79 Å². The summed E-state index contributed by atoms with van der Waals surface area (Å²) in [4.78, 5) is 13.6. The van der Waals surface area contributed by atoms with Crippen LogP contribution in [-0.4, -0.2) is 36.8 Å². The Bertz CT molecular complexity index is 504. The monoisotopic (exact) mass is 341 g/mol. The Balaban J connectivity index is 1.93. The summed E-state index contributed by atoms with van der Waals surface area (Å²) in [7, 11) is 1.65. The third-order valence-corrected chi connectivity index (χ3v) is 3.80. The Morgan fingerprint density at radius 2 is 2.00 bits per heavy atom. The van der Waals surface area contributed by atoms with Crippen molar-refractivity contribution in [3.05, 3.63) is 28.2 Å². The van der Waals surface area contributed by atoms with Crippen molar-refractivity contribution in [2.75, 3.05) is 20.2 Å². The van der Waals surface area contributed by atoms with Crippen LogP contribution in [0.15, 0.2) is 22.7 Å². The minimum absolute atomic E-state index is 0.235. The molecule has 1 saturated heterocycles. The molecule has 0 N–H and O–H groups in total. The maximum atomic E-state index is 11.9. The molecule has 1 aliphatic heterocycles. The Hall–Kier alpha value is -1.23. The van der Waals surface area contributed by atoms with Crippen LogP contribution < -0.4 is 4.74 Å². The topological polar surface area (TPSA) is 38.8 Å². The van der Waals surface area contributed by atoms with Gasteiger partial charge in [-0.15, -0.1) is 0 Å². The van der Waals surface area contributed by atoms with Gasteiger partial charge in [0.15, 0.2) is 0 Å². The number of rotatable bonds is 2. The molecule has 2 rings (SSSR count). The summed E-state index contributed by atoms with van der Waals surface area (Å²) in [5.41, 5.74) is 0.767. The zero-order valence-electron chi connectivity index (χ0n) is 12.3. The van der Waals surface area contributed by atoms with Gasteiger partial charge >= 0.3 is 6.09 Å². The molecule has 1 fully saturated rings. The summed E-state index contributed by atoms with van der Waals surface area (Å²) in [6.07, 6.45) is -0.235. The van der Waals surface area contributed by atoms with E-state index in [4.69, 9.17) is 9.47 Å². The normalized spacial score (nSPS) is 15.8. The molecule has 0 aromatic heterocycles. The van der Waals surface area contributed by atoms with Gasteiger partial charge in [-0.05, 0) is 54.4 Å². The quantitative estimate of drug-likeness (QED) is 0.821. The Kier molecular flexibility index (Phi) is 4.28. The number of benzene rings is 1. The van der Waals surface area contributed by atoms with E-state index >= 15 is 0 Å². The maximum Gasteiger partial charge on any atom is 0.410 e. The molecule has 5 heteroatoms. The fraction of sp³-hybridized carbons (Fsp3) is 0.533. The predicted molar refractivity (Wildman–Crippen MR) is 81.2 cm³/mol. The van der Waals surface area contributed by atoms with Gasteiger partial charge < -0.3 is 14.4 Å². The number of hydrogen-bond donors (Lipinski definition) is 0. The van der Waals surface area contributed by atoms with E-state index in [1.807, 2.05) is 32.9 Å². The molecule has 1 aliphatic rings. The first-order chi connectivity index (χ1) is 9.30. The number of amides is 1. The molecular formula is C15H20BrNO3. The molecule has 0 unspecified atom stereocenters. The fourth-order valence-electron chi connectivity index (χ4n) is 2.10. The fourth-order valence-corrected chi connectivity index (χ4v) is 2.66. The summed E-state index contributed by atoms with van der Waals surface area (Å²) in [6.45, 7) is 7.04. The van der Waals surface area contributed by atoms with Gasteiger partial charge in [0.2, 0.25) is 0 Å². The predicted octanol–water partition coefficient (Wildman–Crippen LogP) is 3.79. The third kappa shape index (κ3) is 3.45. The van der Waals surface area contributed by atoms with Crippen LogP contribution >= 0.6 is 15.9 Å². The molecule has 0 spiro atoms. The van der Waals surface area contributed by atoms with Crippen molar-refractivity contribution in [1.29, 1.82) is 0 Å². The molecule has 0 radical (unpaired) electrons. The van der Waals surface area contributed by atoms with Crippen molar-refractivity contribution in [1.82, 2.24) is 4.90 Å². The smallest absolute Gasteiger partial charge is 0.410 e. The summed E-state index contributed by atoms with van der Waals surface area (Å²) < 4.78 is 11.5. The van der Waals surface area contributed by atoms with Crippen LogP contribution in [0.1, 0.15) is 32.3 Å². The minimum Gasteiger partial charge on any atom is -0.496 e. The van der Waals surface area contributed by atoms with Crippen LogP contribution in [0, 0.1) is 0 Å². The highest BCUT2D eigenvalue weighted by Gasteiger charge is 2.34. The highest BCUT2D eigenvalue weighted by atomic mass is 79.9. The number of carbonyl (C=O) groups is 1. The molecule has 0 saturated carbocycles. The van der Waals surface area contributed by atoms with E-state index in [1.54, 1.807) is 12.0 Å². The molecule has 1 amide bonds. The van der Waals surface area contributed by atoms with E-state index in [0.29, 0.717) is 19.0 Å². The number of carbonyl (C=O) groups excluding carboxylic acids is 1. The SMILES string of the molecule is COc1ccc(C2CN(C(=O)OC(C)(C)C)C2)cc1Br. The van der Waals surface area contributed by atoms with Gasteiger partial charge in [0.25, 0.3) is 0 Å². The molecule has 20 heavy (non-hydrogen) atoms. The second kappa shape index (κ2) is 5.64. The van der Waals surface area contributed by atoms with E-state index in [1.165, 1.54) is 5.56 Å². The highest BCUT2D eigenvalue weighted by Crippen LogP contribution is 2.33. The second-order valence-corrected chi connectivity index (χ2v) is 6.83. The molecule has 4 nitrogen and oxygen atoms in total. The van der Waals surface area contributed by atoms with Crippen molar-refractivity contribution in [3.8, 4) is 5.75 Å². The van der Waals surface area contributed by atoms with Crippen LogP contribution in [-0.2, 0) is 4.74 Å². The molecule has 0 bridgehead atoms. The number of hydrogen-bond acceptors (Lipinski definition) is 3. The summed E-state index contributed by atoms with van der Waals surface area (Å²) >= 11 is 3.48. The largest absolute Gasteiger partial charge is 0.496 e. The summed E-state index contributed by atoms with van der Waals surface area (Å²) in [6, 6.07) is 6.03. The minimum atomic E-state index is -0.439. The van der Waals surface area contributed by atoms with Crippen molar-refractivity contribution in [3.63, 3.8) is 0 Å². The third-order valence-electron chi connectivity index (χ3n) is 3.18. The number of halogens is 1. The van der Waals surface area contributed by atoms with E-state index < -0.39 is 5.60 Å². The van der Waals surface area contributed by atoms with Crippen molar-refractivity contribution in [2.45, 2.75) is 32.3 Å². The molecule has 110 valence electrons. The number of nitrogens with zero attached hydrogens (tertiary/aromatic N) is 1. The van der Waals surface area contributed by atoms with E-state index in [2.05, 4.69) is 22.0 Å². The summed E-state index contributed by atoms with van der Waals surface area (Å²) in [5.74, 6) is 1.18. The number of methoxy groups -OCH3 is 1. The van der Waals surface area contributed by atoms with Crippen LogP contribution in [0.4, 0.5) is 4.79 Å². The van der Waals surface area contributed by atoms with Crippen LogP contribution in [0.2, 0.25) is 0 Å². The summed E-state index contributed by atoms with van der Waals surface area (Å²) in [5, 5.41) is 0. The lowest BCUT2D eigenvalue weighted by Crippen LogP contribution is -2.50. The van der Waals surface area contributed by atoms with Crippen molar-refractivity contribution in [2.24, 2.45) is 0 Å². The lowest BCUT2D eigenvalue weighted by atomic mass is 9.92. The molecule has 1 aromatic rings. The Morgan fingerprint density at radius 1 is 1.35 bits per heavy atom. The Morgan fingerprint density at radius 3 is 2.50 bits per heavy atom. The highest BCUT2D eigenvalue weighted by molar-refractivity contribution is 9.10. The van der Waals surface area contributed by atoms with Gasteiger partial charge in [0.05, 0.1) is 11.6 Å². The molecular weight excluding hydrogens is 322 g/mol. The average molecular weight is 342 g/mol. The van der Waals surface area contributed by atoms with Crippen LogP contribution in [0.25, 0.3) is 0 Å². The first-order valence-electron chi connectivity index (χ1n) is 6.61. The van der Waals surface area contributed by atoms with E-state index in [0.717, 1.165) is 10.2 Å². The standard InChI is InChI=1S/C15H20BrNO3/c1-15(2,3)20-14(18)17-8-11(9-17)10-5-6-13(19-4)12(16)7-10/h5-7,11H,8-9H2,1-4H3. The van der Waals surface area contributed by atoms with Gasteiger partial charge in [0, 0.05) is 19.0 Å². The lowest BCUT2D eigenvalue weighted by Gasteiger charge is -2.40. The number of likely N-dealkylation sites (tertiary alicyclic amines) is 1. The van der Waals surface area contributed by atoms with Gasteiger partial charge in [-0.25, -0.2) is 4.79 Å². The van der Waals surface area contributed by atoms with E-state index in [-0.39, 0.29) is 6.09 Å². The first kappa shape index (κ1) is 15.2. The van der Waals surface area contributed by atoms with Gasteiger partial charge in [-0.2, -0.15) is 0 Å².